The zero-order chi connectivity index (χ0) is 9.80. The van der Waals surface area contributed by atoms with Crippen molar-refractivity contribution in [3.05, 3.63) is 29.7 Å². The molecule has 0 saturated heterocycles. The third-order valence-corrected chi connectivity index (χ3v) is 2.40. The average molecular weight is 210 g/mol. The molecule has 0 saturated carbocycles. The molecule has 14 heavy (non-hydrogen) atoms. The van der Waals surface area contributed by atoms with Gasteiger partial charge < -0.3 is 5.32 Å². The van der Waals surface area contributed by atoms with Gasteiger partial charge in [0, 0.05) is 12.2 Å². The van der Waals surface area contributed by atoms with Gasteiger partial charge in [-0.2, -0.15) is 0 Å². The summed E-state index contributed by atoms with van der Waals surface area (Å²) in [7, 11) is 0. The molecule has 0 aromatic carbocycles. The quantitative estimate of drug-likeness (QED) is 0.601. The van der Waals surface area contributed by atoms with E-state index in [1.807, 2.05) is 6.07 Å². The lowest BCUT2D eigenvalue weighted by molar-refractivity contribution is 0.671. The molecule has 1 aliphatic carbocycles. The van der Waals surface area contributed by atoms with Crippen LogP contribution in [0.4, 0.5) is 5.82 Å². The first kappa shape index (κ1) is 9.46. The average Bonchev–Trinajstić information content (AvgIpc) is 2.19. The lowest BCUT2D eigenvalue weighted by Gasteiger charge is -2.18. The van der Waals surface area contributed by atoms with E-state index in [0.29, 0.717) is 6.04 Å². The molecule has 1 N–H and O–H groups in total. The minimum atomic E-state index is 0.287. The Balaban J connectivity index is 2.02. The van der Waals surface area contributed by atoms with Crippen molar-refractivity contribution >= 4 is 17.4 Å². The van der Waals surface area contributed by atoms with Gasteiger partial charge in [0.2, 0.25) is 5.28 Å². The third-order valence-electron chi connectivity index (χ3n) is 2.21. The second kappa shape index (κ2) is 4.42. The molecule has 4 heteroatoms. The van der Waals surface area contributed by atoms with Gasteiger partial charge in [-0.15, -0.1) is 0 Å². The van der Waals surface area contributed by atoms with Gasteiger partial charge in [0.15, 0.2) is 0 Å². The van der Waals surface area contributed by atoms with Gasteiger partial charge >= 0.3 is 0 Å². The van der Waals surface area contributed by atoms with Crippen LogP contribution in [0.1, 0.15) is 19.3 Å². The van der Waals surface area contributed by atoms with Gasteiger partial charge in [-0.05, 0) is 36.9 Å². The van der Waals surface area contributed by atoms with E-state index in [4.69, 9.17) is 11.6 Å². The van der Waals surface area contributed by atoms with E-state index in [0.717, 1.165) is 12.2 Å². The van der Waals surface area contributed by atoms with Gasteiger partial charge in [-0.1, -0.05) is 12.2 Å². The van der Waals surface area contributed by atoms with Gasteiger partial charge in [0.1, 0.15) is 5.82 Å². The molecule has 1 aromatic rings. The maximum atomic E-state index is 5.68. The van der Waals surface area contributed by atoms with Crippen LogP contribution in [-0.4, -0.2) is 16.0 Å². The van der Waals surface area contributed by atoms with E-state index in [1.54, 1.807) is 6.20 Å². The molecular weight excluding hydrogens is 198 g/mol. The summed E-state index contributed by atoms with van der Waals surface area (Å²) in [5, 5.41) is 3.59. The summed E-state index contributed by atoms with van der Waals surface area (Å²) in [6.45, 7) is 0. The highest BCUT2D eigenvalue weighted by atomic mass is 35.5. The molecule has 0 fully saturated rings. The Kier molecular flexibility index (Phi) is 2.99. The van der Waals surface area contributed by atoms with Crippen LogP contribution in [0, 0.1) is 0 Å². The van der Waals surface area contributed by atoms with Gasteiger partial charge in [-0.3, -0.25) is 0 Å². The largest absolute Gasteiger partial charge is 0.364 e. The van der Waals surface area contributed by atoms with Crippen LogP contribution >= 0.6 is 11.6 Å². The van der Waals surface area contributed by atoms with Crippen LogP contribution in [-0.2, 0) is 0 Å². The second-order valence-electron chi connectivity index (χ2n) is 3.32. The van der Waals surface area contributed by atoms with Crippen LogP contribution in [0.2, 0.25) is 5.28 Å². The normalized spacial score (nSPS) is 20.8. The summed E-state index contributed by atoms with van der Waals surface area (Å²) in [6.07, 6.45) is 9.60. The Morgan fingerprint density at radius 3 is 3.14 bits per heavy atom. The number of hydrogen-bond acceptors (Lipinski definition) is 3. The number of allylic oxidation sites excluding steroid dienone is 1. The van der Waals surface area contributed by atoms with Crippen LogP contribution in [0.5, 0.6) is 0 Å². The number of nitrogens with one attached hydrogen (secondary N) is 1. The number of aromatic nitrogens is 2. The maximum Gasteiger partial charge on any atom is 0.224 e. The summed E-state index contributed by atoms with van der Waals surface area (Å²) in [5.74, 6) is 0.793. The second-order valence-corrected chi connectivity index (χ2v) is 3.66. The minimum absolute atomic E-state index is 0.287. The molecule has 1 atom stereocenters. The number of nitrogens with zero attached hydrogens (tertiary/aromatic N) is 2. The highest BCUT2D eigenvalue weighted by Gasteiger charge is 2.08. The van der Waals surface area contributed by atoms with Crippen molar-refractivity contribution in [3.8, 4) is 0 Å². The van der Waals surface area contributed by atoms with Crippen LogP contribution in [0.15, 0.2) is 24.4 Å². The van der Waals surface area contributed by atoms with Gasteiger partial charge in [0.05, 0.1) is 0 Å². The predicted molar refractivity (Wildman–Crippen MR) is 57.4 cm³/mol. The molecule has 3 nitrogen and oxygen atoms in total. The van der Waals surface area contributed by atoms with Gasteiger partial charge in [0.25, 0.3) is 0 Å². The molecule has 74 valence electrons. The van der Waals surface area contributed by atoms with Crippen molar-refractivity contribution in [3.63, 3.8) is 0 Å². The molecule has 0 aliphatic heterocycles. The Bertz CT molecular complexity index is 338. The zero-order valence-corrected chi connectivity index (χ0v) is 8.54. The molecular formula is C10H12ClN3. The fourth-order valence-electron chi connectivity index (χ4n) is 1.54. The molecule has 2 rings (SSSR count). The highest BCUT2D eigenvalue weighted by molar-refractivity contribution is 6.28. The lowest BCUT2D eigenvalue weighted by Crippen LogP contribution is -2.19. The van der Waals surface area contributed by atoms with Crippen LogP contribution < -0.4 is 5.32 Å². The summed E-state index contributed by atoms with van der Waals surface area (Å²) in [4.78, 5) is 7.91. The Labute approximate surface area is 88.2 Å². The molecule has 1 unspecified atom stereocenters. The molecule has 1 aliphatic rings. The summed E-state index contributed by atoms with van der Waals surface area (Å²) >= 11 is 5.68. The summed E-state index contributed by atoms with van der Waals surface area (Å²) < 4.78 is 0. The summed E-state index contributed by atoms with van der Waals surface area (Å²) in [6, 6.07) is 2.21. The Morgan fingerprint density at radius 1 is 1.50 bits per heavy atom. The van der Waals surface area contributed by atoms with E-state index in [1.165, 1.54) is 12.8 Å². The van der Waals surface area contributed by atoms with E-state index in [-0.39, 0.29) is 5.28 Å². The monoisotopic (exact) mass is 209 g/mol. The van der Waals surface area contributed by atoms with Crippen molar-refractivity contribution in [2.75, 3.05) is 5.32 Å². The van der Waals surface area contributed by atoms with Crippen molar-refractivity contribution in [1.29, 1.82) is 0 Å². The summed E-state index contributed by atoms with van der Waals surface area (Å²) in [5.41, 5.74) is 0. The standard InChI is InChI=1S/C10H12ClN3/c11-10-12-7-6-9(14-10)13-8-4-2-1-3-5-8/h2,4,6-8H,1,3,5H2,(H,12,13,14). The van der Waals surface area contributed by atoms with Crippen molar-refractivity contribution in [2.24, 2.45) is 0 Å². The van der Waals surface area contributed by atoms with Crippen molar-refractivity contribution in [1.82, 2.24) is 9.97 Å². The SMILES string of the molecule is Clc1nccc(NC2C=CCCC2)n1. The predicted octanol–water partition coefficient (Wildman–Crippen LogP) is 2.65. The maximum absolute atomic E-state index is 5.68. The molecule has 0 amide bonds. The molecule has 0 bridgehead atoms. The zero-order valence-electron chi connectivity index (χ0n) is 7.78. The van der Waals surface area contributed by atoms with E-state index >= 15 is 0 Å². The van der Waals surface area contributed by atoms with Gasteiger partial charge in [-0.25, -0.2) is 9.97 Å². The molecule has 1 heterocycles. The van der Waals surface area contributed by atoms with E-state index in [2.05, 4.69) is 27.4 Å². The number of halogens is 1. The Morgan fingerprint density at radius 2 is 2.43 bits per heavy atom. The first-order chi connectivity index (χ1) is 6.84. The Hall–Kier alpha value is -1.09. The fourth-order valence-corrected chi connectivity index (χ4v) is 1.69. The van der Waals surface area contributed by atoms with Crippen LogP contribution in [0.25, 0.3) is 0 Å². The first-order valence-corrected chi connectivity index (χ1v) is 5.14. The van der Waals surface area contributed by atoms with Crippen molar-refractivity contribution in [2.45, 2.75) is 25.3 Å². The van der Waals surface area contributed by atoms with E-state index in [9.17, 15) is 0 Å². The fraction of sp³-hybridized carbons (Fsp3) is 0.400. The number of anilines is 1. The first-order valence-electron chi connectivity index (χ1n) is 4.76. The lowest BCUT2D eigenvalue weighted by atomic mass is 10.0. The minimum Gasteiger partial charge on any atom is -0.364 e. The topological polar surface area (TPSA) is 37.8 Å². The highest BCUT2D eigenvalue weighted by Crippen LogP contribution is 2.15. The third kappa shape index (κ3) is 2.45. The van der Waals surface area contributed by atoms with Crippen molar-refractivity contribution < 1.29 is 0 Å². The molecule has 0 radical (unpaired) electrons. The van der Waals surface area contributed by atoms with E-state index < -0.39 is 0 Å². The molecule has 0 spiro atoms. The molecule has 1 aromatic heterocycles. The smallest absolute Gasteiger partial charge is 0.224 e. The number of hydrogen-bond donors (Lipinski definition) is 1. The van der Waals surface area contributed by atoms with Crippen LogP contribution in [0.3, 0.4) is 0 Å². The number of rotatable bonds is 2.